The molecule has 6 nitrogen and oxygen atoms in total. The van der Waals surface area contributed by atoms with Gasteiger partial charge in [0.2, 0.25) is 0 Å². The number of hydrogen-bond acceptors (Lipinski definition) is 5. The Bertz CT molecular complexity index is 1220. The van der Waals surface area contributed by atoms with Crippen LogP contribution >= 0.6 is 11.6 Å². The molecule has 1 aromatic heterocycles. The van der Waals surface area contributed by atoms with Crippen molar-refractivity contribution in [1.29, 1.82) is 0 Å². The Morgan fingerprint density at radius 1 is 1.10 bits per heavy atom. The molecule has 1 atom stereocenters. The van der Waals surface area contributed by atoms with Gasteiger partial charge >= 0.3 is 6.18 Å². The standard InChI is InChI=1S/C20H15ClF3N3O3S/c21-17-9-12(20(22,23)24)1-3-15(17)14-6-8-30-18-10-13(2-4-16(14)18)31(28,29)27-19-5-7-25-11-26-19/h1-5,7,9-11,14H,6,8H2,(H,25,26,27). The van der Waals surface area contributed by atoms with Crippen molar-refractivity contribution in [2.75, 3.05) is 11.3 Å². The third-order valence-electron chi connectivity index (χ3n) is 4.86. The summed E-state index contributed by atoms with van der Waals surface area (Å²) in [5.41, 5.74) is 0.341. The van der Waals surface area contributed by atoms with Crippen molar-refractivity contribution in [2.45, 2.75) is 23.4 Å². The molecule has 0 saturated heterocycles. The van der Waals surface area contributed by atoms with Crippen LogP contribution in [0, 0.1) is 0 Å². The van der Waals surface area contributed by atoms with Crippen molar-refractivity contribution in [2.24, 2.45) is 0 Å². The molecule has 1 aliphatic rings. The predicted octanol–water partition coefficient (Wildman–Crippen LogP) is 4.86. The molecule has 1 aliphatic heterocycles. The maximum atomic E-state index is 12.9. The zero-order valence-electron chi connectivity index (χ0n) is 15.7. The highest BCUT2D eigenvalue weighted by molar-refractivity contribution is 7.92. The smallest absolute Gasteiger partial charge is 0.416 e. The first kappa shape index (κ1) is 21.4. The average Bonchev–Trinajstić information content (AvgIpc) is 2.73. The van der Waals surface area contributed by atoms with E-state index >= 15 is 0 Å². The third kappa shape index (κ3) is 4.45. The normalized spacial score (nSPS) is 16.3. The number of aromatic nitrogens is 2. The Labute approximate surface area is 181 Å². The van der Waals surface area contributed by atoms with Crippen molar-refractivity contribution < 1.29 is 26.3 Å². The summed E-state index contributed by atoms with van der Waals surface area (Å²) in [6, 6.07) is 9.02. The number of sulfonamides is 1. The Kier molecular flexibility index (Phi) is 5.52. The summed E-state index contributed by atoms with van der Waals surface area (Å²) in [6.07, 6.45) is -1.38. The lowest BCUT2D eigenvalue weighted by Crippen LogP contribution is -2.18. The van der Waals surface area contributed by atoms with E-state index in [4.69, 9.17) is 16.3 Å². The number of hydrogen-bond donors (Lipinski definition) is 1. The summed E-state index contributed by atoms with van der Waals surface area (Å²) in [6.45, 7) is 0.262. The molecule has 3 aromatic rings. The van der Waals surface area contributed by atoms with E-state index in [-0.39, 0.29) is 28.3 Å². The van der Waals surface area contributed by atoms with Crippen LogP contribution in [-0.2, 0) is 16.2 Å². The quantitative estimate of drug-likeness (QED) is 0.590. The Balaban J connectivity index is 1.66. The summed E-state index contributed by atoms with van der Waals surface area (Å²) in [4.78, 5) is 7.53. The second kappa shape index (κ2) is 8.01. The molecule has 11 heteroatoms. The maximum absolute atomic E-state index is 12.9. The molecule has 0 spiro atoms. The van der Waals surface area contributed by atoms with Crippen LogP contribution in [0.5, 0.6) is 5.75 Å². The van der Waals surface area contributed by atoms with E-state index in [0.29, 0.717) is 23.3 Å². The Morgan fingerprint density at radius 3 is 2.55 bits per heavy atom. The van der Waals surface area contributed by atoms with Gasteiger partial charge in [-0.3, -0.25) is 4.72 Å². The van der Waals surface area contributed by atoms with Gasteiger partial charge in [-0.1, -0.05) is 23.7 Å². The van der Waals surface area contributed by atoms with Crippen LogP contribution < -0.4 is 9.46 Å². The van der Waals surface area contributed by atoms with Crippen molar-refractivity contribution in [3.63, 3.8) is 0 Å². The maximum Gasteiger partial charge on any atom is 0.416 e. The highest BCUT2D eigenvalue weighted by Crippen LogP contribution is 2.43. The molecule has 2 heterocycles. The Hall–Kier alpha value is -2.85. The van der Waals surface area contributed by atoms with Crippen LogP contribution in [0.1, 0.15) is 29.0 Å². The van der Waals surface area contributed by atoms with Crippen LogP contribution in [-0.4, -0.2) is 25.0 Å². The molecule has 0 aliphatic carbocycles. The average molecular weight is 470 g/mol. The number of halogens is 4. The van der Waals surface area contributed by atoms with E-state index in [1.807, 2.05) is 0 Å². The molecular weight excluding hydrogens is 455 g/mol. The van der Waals surface area contributed by atoms with Crippen molar-refractivity contribution in [3.8, 4) is 5.75 Å². The van der Waals surface area contributed by atoms with E-state index in [9.17, 15) is 21.6 Å². The van der Waals surface area contributed by atoms with E-state index in [1.165, 1.54) is 36.8 Å². The lowest BCUT2D eigenvalue weighted by molar-refractivity contribution is -0.137. The van der Waals surface area contributed by atoms with Gasteiger partial charge in [-0.05, 0) is 36.2 Å². The van der Waals surface area contributed by atoms with Crippen LogP contribution in [0.4, 0.5) is 19.0 Å². The van der Waals surface area contributed by atoms with Crippen molar-refractivity contribution >= 4 is 27.4 Å². The van der Waals surface area contributed by atoms with E-state index < -0.39 is 21.8 Å². The molecule has 0 amide bonds. The van der Waals surface area contributed by atoms with Crippen molar-refractivity contribution in [3.05, 3.63) is 76.7 Å². The van der Waals surface area contributed by atoms with Gasteiger partial charge in [0.1, 0.15) is 17.9 Å². The second-order valence-electron chi connectivity index (χ2n) is 6.82. The fourth-order valence-electron chi connectivity index (χ4n) is 3.39. The topological polar surface area (TPSA) is 81.2 Å². The molecule has 162 valence electrons. The second-order valence-corrected chi connectivity index (χ2v) is 8.91. The molecule has 0 bridgehead atoms. The molecule has 1 unspecified atom stereocenters. The van der Waals surface area contributed by atoms with Gasteiger partial charge in [0, 0.05) is 28.8 Å². The monoisotopic (exact) mass is 469 g/mol. The number of nitrogens with one attached hydrogen (secondary N) is 1. The largest absolute Gasteiger partial charge is 0.493 e. The predicted molar refractivity (Wildman–Crippen MR) is 108 cm³/mol. The molecule has 0 fully saturated rings. The molecule has 0 radical (unpaired) electrons. The van der Waals surface area contributed by atoms with Gasteiger partial charge in [0.25, 0.3) is 10.0 Å². The van der Waals surface area contributed by atoms with E-state index in [2.05, 4.69) is 14.7 Å². The third-order valence-corrected chi connectivity index (χ3v) is 6.54. The summed E-state index contributed by atoms with van der Waals surface area (Å²) in [5.74, 6) is 0.117. The highest BCUT2D eigenvalue weighted by atomic mass is 35.5. The zero-order chi connectivity index (χ0) is 22.2. The lowest BCUT2D eigenvalue weighted by Gasteiger charge is -2.27. The van der Waals surface area contributed by atoms with Crippen LogP contribution in [0.15, 0.2) is 59.9 Å². The number of benzene rings is 2. The highest BCUT2D eigenvalue weighted by Gasteiger charge is 2.33. The number of alkyl halides is 3. The molecular formula is C20H15ClF3N3O3S. The fraction of sp³-hybridized carbons (Fsp3) is 0.200. The number of nitrogens with zero attached hydrogens (tertiary/aromatic N) is 2. The van der Waals surface area contributed by atoms with Gasteiger partial charge in [-0.25, -0.2) is 18.4 Å². The summed E-state index contributed by atoms with van der Waals surface area (Å²) in [5, 5.41) is -0.00481. The number of ether oxygens (including phenoxy) is 1. The van der Waals surface area contributed by atoms with Gasteiger partial charge in [0.15, 0.2) is 0 Å². The van der Waals surface area contributed by atoms with Gasteiger partial charge in [0.05, 0.1) is 17.1 Å². The summed E-state index contributed by atoms with van der Waals surface area (Å²) < 4.78 is 72.2. The molecule has 0 saturated carbocycles. The Morgan fingerprint density at radius 2 is 1.87 bits per heavy atom. The lowest BCUT2D eigenvalue weighted by atomic mass is 9.86. The first-order valence-corrected chi connectivity index (χ1v) is 10.9. The minimum absolute atomic E-state index is 0.00481. The first-order chi connectivity index (χ1) is 14.6. The number of anilines is 1. The minimum atomic E-state index is -4.49. The van der Waals surface area contributed by atoms with Crippen LogP contribution in [0.3, 0.4) is 0 Å². The molecule has 1 N–H and O–H groups in total. The summed E-state index contributed by atoms with van der Waals surface area (Å²) >= 11 is 6.17. The summed E-state index contributed by atoms with van der Waals surface area (Å²) in [7, 11) is -3.93. The fourth-order valence-corrected chi connectivity index (χ4v) is 4.73. The zero-order valence-corrected chi connectivity index (χ0v) is 17.3. The van der Waals surface area contributed by atoms with E-state index in [0.717, 1.165) is 12.1 Å². The van der Waals surface area contributed by atoms with Crippen LogP contribution in [0.2, 0.25) is 5.02 Å². The number of rotatable bonds is 4. The van der Waals surface area contributed by atoms with Crippen LogP contribution in [0.25, 0.3) is 0 Å². The van der Waals surface area contributed by atoms with Gasteiger partial charge in [-0.15, -0.1) is 0 Å². The number of fused-ring (bicyclic) bond motifs is 1. The molecule has 31 heavy (non-hydrogen) atoms. The van der Waals surface area contributed by atoms with Gasteiger partial charge < -0.3 is 4.74 Å². The first-order valence-electron chi connectivity index (χ1n) is 9.07. The SMILES string of the molecule is O=S(=O)(Nc1ccncn1)c1ccc2c(c1)OCCC2c1ccc(C(F)(F)F)cc1Cl. The van der Waals surface area contributed by atoms with Crippen molar-refractivity contribution in [1.82, 2.24) is 9.97 Å². The van der Waals surface area contributed by atoms with Gasteiger partial charge in [-0.2, -0.15) is 13.2 Å². The molecule has 2 aromatic carbocycles. The molecule has 4 rings (SSSR count). The van der Waals surface area contributed by atoms with E-state index in [1.54, 1.807) is 6.07 Å². The minimum Gasteiger partial charge on any atom is -0.493 e.